The second kappa shape index (κ2) is 7.88. The van der Waals surface area contributed by atoms with Crippen molar-refractivity contribution in [2.24, 2.45) is 0 Å². The van der Waals surface area contributed by atoms with Gasteiger partial charge in [-0.3, -0.25) is 4.79 Å². The molecule has 2 amide bonds. The number of nitrogens with one attached hydrogen (secondary N) is 1. The molecule has 1 aliphatic heterocycles. The molecule has 6 nitrogen and oxygen atoms in total. The third-order valence-corrected chi connectivity index (χ3v) is 4.28. The Kier molecular flexibility index (Phi) is 6.10. The van der Waals surface area contributed by atoms with Crippen LogP contribution in [0.3, 0.4) is 0 Å². The fourth-order valence-corrected chi connectivity index (χ4v) is 2.78. The fraction of sp³-hybridized carbons (Fsp3) is 0.529. The van der Waals surface area contributed by atoms with Crippen molar-refractivity contribution in [3.8, 4) is 0 Å². The van der Waals surface area contributed by atoms with E-state index >= 15 is 0 Å². The number of carbonyl (C=O) groups excluding carboxylic acids is 2. The van der Waals surface area contributed by atoms with Crippen molar-refractivity contribution in [2.75, 3.05) is 38.0 Å². The van der Waals surface area contributed by atoms with E-state index in [2.05, 4.69) is 21.2 Å². The van der Waals surface area contributed by atoms with E-state index in [0.29, 0.717) is 26.2 Å². The van der Waals surface area contributed by atoms with Crippen LogP contribution < -0.4 is 5.32 Å². The lowest BCUT2D eigenvalue weighted by molar-refractivity contribution is -0.131. The Morgan fingerprint density at radius 1 is 1.12 bits per heavy atom. The maximum atomic E-state index is 12.3. The first-order valence-corrected chi connectivity index (χ1v) is 8.80. The number of ether oxygens (including phenoxy) is 1. The number of anilines is 1. The van der Waals surface area contributed by atoms with Gasteiger partial charge in [0.15, 0.2) is 0 Å². The van der Waals surface area contributed by atoms with Gasteiger partial charge >= 0.3 is 6.09 Å². The predicted molar refractivity (Wildman–Crippen MR) is 97.0 cm³/mol. The highest BCUT2D eigenvalue weighted by Gasteiger charge is 2.27. The summed E-state index contributed by atoms with van der Waals surface area (Å²) in [6, 6.07) is 7.67. The molecule has 2 rings (SSSR count). The van der Waals surface area contributed by atoms with Crippen molar-refractivity contribution in [3.63, 3.8) is 0 Å². The number of halogens is 1. The summed E-state index contributed by atoms with van der Waals surface area (Å²) in [5.41, 5.74) is 0.384. The number of hydrogen-bond donors (Lipinski definition) is 1. The molecule has 1 aromatic rings. The van der Waals surface area contributed by atoms with Crippen LogP contribution in [0.25, 0.3) is 0 Å². The topological polar surface area (TPSA) is 61.9 Å². The molecule has 1 N–H and O–H groups in total. The third-order valence-electron chi connectivity index (χ3n) is 3.59. The first-order valence-electron chi connectivity index (χ1n) is 8.00. The van der Waals surface area contributed by atoms with Gasteiger partial charge in [0.25, 0.3) is 0 Å². The molecule has 0 saturated carbocycles. The van der Waals surface area contributed by atoms with Crippen LogP contribution in [0.2, 0.25) is 0 Å². The van der Waals surface area contributed by atoms with Gasteiger partial charge < -0.3 is 19.9 Å². The Morgan fingerprint density at radius 3 is 2.29 bits per heavy atom. The molecule has 0 spiro atoms. The van der Waals surface area contributed by atoms with Crippen LogP contribution in [0.4, 0.5) is 10.5 Å². The second-order valence-electron chi connectivity index (χ2n) is 6.68. The molecular formula is C17H24BrN3O3. The van der Waals surface area contributed by atoms with Gasteiger partial charge in [0, 0.05) is 36.3 Å². The van der Waals surface area contributed by atoms with Crippen LogP contribution >= 0.6 is 15.9 Å². The molecule has 1 saturated heterocycles. The normalized spacial score (nSPS) is 15.2. The van der Waals surface area contributed by atoms with Crippen LogP contribution in [-0.4, -0.2) is 60.1 Å². The van der Waals surface area contributed by atoms with Gasteiger partial charge in [-0.1, -0.05) is 12.1 Å². The summed E-state index contributed by atoms with van der Waals surface area (Å²) in [6.45, 7) is 7.81. The highest BCUT2D eigenvalue weighted by Crippen LogP contribution is 2.21. The van der Waals surface area contributed by atoms with Crippen LogP contribution in [0, 0.1) is 0 Å². The van der Waals surface area contributed by atoms with E-state index in [1.165, 1.54) is 0 Å². The van der Waals surface area contributed by atoms with E-state index in [4.69, 9.17) is 4.74 Å². The molecule has 24 heavy (non-hydrogen) atoms. The standard InChI is InChI=1S/C17H24BrN3O3/c1-17(2,3)24-16(23)21-10-8-20(9-11-21)15(22)12-19-14-7-5-4-6-13(14)18/h4-7,19H,8-12H2,1-3H3. The Balaban J connectivity index is 1.78. The highest BCUT2D eigenvalue weighted by molar-refractivity contribution is 9.10. The molecule has 1 aromatic carbocycles. The molecule has 0 aliphatic carbocycles. The van der Waals surface area contributed by atoms with Gasteiger partial charge in [-0.05, 0) is 48.8 Å². The maximum absolute atomic E-state index is 12.3. The lowest BCUT2D eigenvalue weighted by Crippen LogP contribution is -2.52. The number of para-hydroxylation sites is 1. The average Bonchev–Trinajstić information content (AvgIpc) is 2.52. The first kappa shape index (κ1) is 18.6. The van der Waals surface area contributed by atoms with E-state index in [-0.39, 0.29) is 18.5 Å². The SMILES string of the molecule is CC(C)(C)OC(=O)N1CCN(C(=O)CNc2ccccc2Br)CC1. The quantitative estimate of drug-likeness (QED) is 0.851. The van der Waals surface area contributed by atoms with E-state index < -0.39 is 5.60 Å². The smallest absolute Gasteiger partial charge is 0.410 e. The van der Waals surface area contributed by atoms with Crippen molar-refractivity contribution in [1.82, 2.24) is 9.80 Å². The fourth-order valence-electron chi connectivity index (χ4n) is 2.35. The summed E-state index contributed by atoms with van der Waals surface area (Å²) in [7, 11) is 0. The average molecular weight is 398 g/mol. The third kappa shape index (κ3) is 5.40. The van der Waals surface area contributed by atoms with Crippen LogP contribution in [-0.2, 0) is 9.53 Å². The number of benzene rings is 1. The Morgan fingerprint density at radius 2 is 1.71 bits per heavy atom. The Bertz CT molecular complexity index is 593. The van der Waals surface area contributed by atoms with Crippen LogP contribution in [0.5, 0.6) is 0 Å². The Hall–Kier alpha value is -1.76. The molecule has 1 aliphatic rings. The van der Waals surface area contributed by atoms with E-state index in [1.807, 2.05) is 45.0 Å². The van der Waals surface area contributed by atoms with Crippen LogP contribution in [0.1, 0.15) is 20.8 Å². The van der Waals surface area contributed by atoms with Gasteiger partial charge in [-0.25, -0.2) is 4.79 Å². The summed E-state index contributed by atoms with van der Waals surface area (Å²) in [4.78, 5) is 27.7. The lowest BCUT2D eigenvalue weighted by Gasteiger charge is -2.35. The zero-order valence-corrected chi connectivity index (χ0v) is 15.9. The lowest BCUT2D eigenvalue weighted by atomic mass is 10.2. The van der Waals surface area contributed by atoms with Gasteiger partial charge in [-0.2, -0.15) is 0 Å². The van der Waals surface area contributed by atoms with E-state index in [1.54, 1.807) is 9.80 Å². The zero-order valence-electron chi connectivity index (χ0n) is 14.3. The Labute approximate surface area is 151 Å². The minimum atomic E-state index is -0.503. The molecule has 1 heterocycles. The summed E-state index contributed by atoms with van der Waals surface area (Å²) >= 11 is 3.44. The summed E-state index contributed by atoms with van der Waals surface area (Å²) in [5, 5.41) is 3.13. The van der Waals surface area contributed by atoms with Crippen molar-refractivity contribution < 1.29 is 14.3 Å². The molecule has 0 unspecified atom stereocenters. The van der Waals surface area contributed by atoms with Gasteiger partial charge in [0.1, 0.15) is 5.60 Å². The van der Waals surface area contributed by atoms with Gasteiger partial charge in [-0.15, -0.1) is 0 Å². The largest absolute Gasteiger partial charge is 0.444 e. The molecule has 0 radical (unpaired) electrons. The summed E-state index contributed by atoms with van der Waals surface area (Å²) in [6.07, 6.45) is -0.319. The molecule has 132 valence electrons. The molecule has 0 aromatic heterocycles. The molecular weight excluding hydrogens is 374 g/mol. The number of rotatable bonds is 3. The van der Waals surface area contributed by atoms with Crippen molar-refractivity contribution in [2.45, 2.75) is 26.4 Å². The first-order chi connectivity index (χ1) is 11.3. The van der Waals surface area contributed by atoms with E-state index in [9.17, 15) is 9.59 Å². The van der Waals surface area contributed by atoms with Crippen molar-refractivity contribution >= 4 is 33.6 Å². The minimum absolute atomic E-state index is 0.0228. The highest BCUT2D eigenvalue weighted by atomic mass is 79.9. The van der Waals surface area contributed by atoms with E-state index in [0.717, 1.165) is 10.2 Å². The van der Waals surface area contributed by atoms with Gasteiger partial charge in [0.05, 0.1) is 6.54 Å². The number of piperazine rings is 1. The summed E-state index contributed by atoms with van der Waals surface area (Å²) < 4.78 is 6.28. The van der Waals surface area contributed by atoms with Gasteiger partial charge in [0.2, 0.25) is 5.91 Å². The number of hydrogen-bond acceptors (Lipinski definition) is 4. The molecule has 0 bridgehead atoms. The summed E-state index contributed by atoms with van der Waals surface area (Å²) in [5.74, 6) is 0.0228. The molecule has 7 heteroatoms. The number of carbonyl (C=O) groups is 2. The maximum Gasteiger partial charge on any atom is 0.410 e. The minimum Gasteiger partial charge on any atom is -0.444 e. The van der Waals surface area contributed by atoms with Crippen LogP contribution in [0.15, 0.2) is 28.7 Å². The number of nitrogens with zero attached hydrogens (tertiary/aromatic N) is 2. The monoisotopic (exact) mass is 397 g/mol. The molecule has 0 atom stereocenters. The van der Waals surface area contributed by atoms with Crippen molar-refractivity contribution in [3.05, 3.63) is 28.7 Å². The molecule has 1 fully saturated rings. The number of amides is 2. The predicted octanol–water partition coefficient (Wildman–Crippen LogP) is 2.94. The zero-order chi connectivity index (χ0) is 17.7. The second-order valence-corrected chi connectivity index (χ2v) is 7.54. The van der Waals surface area contributed by atoms with Crippen molar-refractivity contribution in [1.29, 1.82) is 0 Å².